The average Bonchev–Trinajstić information content (AvgIpc) is 0.840. The summed E-state index contributed by atoms with van der Waals surface area (Å²) in [7, 11) is 0. The summed E-state index contributed by atoms with van der Waals surface area (Å²) in [6.45, 7) is 37.6. The van der Waals surface area contributed by atoms with E-state index < -0.39 is 17.8 Å². The molecule has 796 valence electrons. The van der Waals surface area contributed by atoms with Crippen molar-refractivity contribution in [1.29, 1.82) is 0 Å². The van der Waals surface area contributed by atoms with Crippen molar-refractivity contribution in [2.24, 2.45) is 107 Å². The number of benzene rings is 6. The highest BCUT2D eigenvalue weighted by atomic mass is 19.1. The lowest BCUT2D eigenvalue weighted by Gasteiger charge is -2.38. The Morgan fingerprint density at radius 1 is 0.266 bits per heavy atom. The maximum Gasteiger partial charge on any atom is 0.338 e. The van der Waals surface area contributed by atoms with Crippen LogP contribution in [0.3, 0.4) is 0 Å². The molecule has 0 unspecified atom stereocenters. The molecule has 10 aliphatic rings. The Hall–Kier alpha value is -6.33. The first-order chi connectivity index (χ1) is 69.6. The summed E-state index contributed by atoms with van der Waals surface area (Å²) >= 11 is 0. The number of unbranched alkanes of at least 4 members (excludes halogenated alkanes) is 3. The Labute approximate surface area is 879 Å². The number of carbonyl (C=O) groups excluding carboxylic acids is 2. The summed E-state index contributed by atoms with van der Waals surface area (Å²) < 4.78 is 24.1. The molecule has 0 aromatic heterocycles. The summed E-state index contributed by atoms with van der Waals surface area (Å²) in [6.07, 6.45) is 92.0. The van der Waals surface area contributed by atoms with Crippen molar-refractivity contribution in [3.8, 4) is 33.8 Å². The van der Waals surface area contributed by atoms with Gasteiger partial charge < -0.3 is 9.47 Å². The second kappa shape index (κ2) is 67.0. The summed E-state index contributed by atoms with van der Waals surface area (Å²) in [5.41, 5.74) is 13.3. The number of aryl methyl sites for hydroxylation is 4. The molecule has 0 atom stereocenters. The minimum absolute atomic E-state index is 0.163. The molecule has 16 rings (SSSR count). The molecule has 5 heteroatoms. The molecule has 0 saturated heterocycles. The third kappa shape index (κ3) is 41.9. The zero-order valence-corrected chi connectivity index (χ0v) is 94.6. The second-order valence-electron chi connectivity index (χ2n) is 48.7. The fraction of sp³-hybridized carbons (Fsp3) is 0.696. The van der Waals surface area contributed by atoms with Crippen LogP contribution < -0.4 is 9.47 Å². The Bertz CT molecular complexity index is 4310. The van der Waals surface area contributed by atoms with Crippen LogP contribution in [0.1, 0.15) is 514 Å². The predicted octanol–water partition coefficient (Wildman–Crippen LogP) is 42.8. The van der Waals surface area contributed by atoms with E-state index in [2.05, 4.69) is 193 Å². The molecule has 0 spiro atoms. The van der Waals surface area contributed by atoms with Crippen LogP contribution in [0.2, 0.25) is 0 Å². The normalized spacial score (nSPS) is 27.6. The van der Waals surface area contributed by atoms with Gasteiger partial charge in [-0.25, -0.2) is 14.0 Å². The smallest absolute Gasteiger partial charge is 0.338 e. The van der Waals surface area contributed by atoms with Crippen molar-refractivity contribution in [2.75, 3.05) is 0 Å². The van der Waals surface area contributed by atoms with Gasteiger partial charge in [0.2, 0.25) is 0 Å². The zero-order valence-electron chi connectivity index (χ0n) is 94.6. The Balaban J connectivity index is 0.000000172. The van der Waals surface area contributed by atoms with E-state index in [0.29, 0.717) is 22.4 Å². The molecule has 10 fully saturated rings. The summed E-state index contributed by atoms with van der Waals surface area (Å²) in [6, 6.07) is 47.5. The number of carbonyl (C=O) groups is 2. The Morgan fingerprint density at radius 3 is 0.825 bits per heavy atom. The van der Waals surface area contributed by atoms with Crippen molar-refractivity contribution in [2.45, 2.75) is 507 Å². The molecule has 10 aliphatic carbocycles. The number of halogens is 1. The van der Waals surface area contributed by atoms with Gasteiger partial charge in [-0.1, -0.05) is 434 Å². The van der Waals surface area contributed by atoms with Crippen LogP contribution in [0.15, 0.2) is 164 Å². The molecule has 0 N–H and O–H groups in total. The first-order valence-electron chi connectivity index (χ1n) is 61.6. The highest BCUT2D eigenvalue weighted by molar-refractivity contribution is 5.89. The summed E-state index contributed by atoms with van der Waals surface area (Å²) in [4.78, 5) is 22.9. The lowest BCUT2D eigenvalue weighted by Crippen LogP contribution is -2.25. The van der Waals surface area contributed by atoms with Gasteiger partial charge in [0.15, 0.2) is 11.6 Å². The lowest BCUT2D eigenvalue weighted by molar-refractivity contribution is -0.131. The quantitative estimate of drug-likeness (QED) is 0.0172. The van der Waals surface area contributed by atoms with Gasteiger partial charge >= 0.3 is 11.9 Å². The van der Waals surface area contributed by atoms with Gasteiger partial charge in [0.05, 0.1) is 0 Å². The first-order valence-corrected chi connectivity index (χ1v) is 61.6. The summed E-state index contributed by atoms with van der Waals surface area (Å²) in [5.74, 6) is 19.5. The Morgan fingerprint density at radius 2 is 0.524 bits per heavy atom. The SMILES string of the molecule is C=C(C)C(=O)Oc1ccc(-c2ccc(OC(=O)C(=C)C)c(F)c2)cc1.CCCC1CCC(C2CCC(CC)CC2)CC1.CCCC1CCC(C2CCC(CCC)CC2)CC1.CCCC1CCC(C2CCC(c3ccc(C)cc3)CC2)CC1.CCCCC1CCC(C2CCC(CCC)CC2)CC1.CCCCCc1ccc(-c2ccc(C)cc2)cc1.CCCc1ccc(C2CCC(C3CCC(CCC)CC3)CC2)cc1. The molecule has 4 nitrogen and oxygen atoms in total. The van der Waals surface area contributed by atoms with Crippen LogP contribution in [0, 0.1) is 126 Å². The highest BCUT2D eigenvalue weighted by Gasteiger charge is 2.37. The maximum atomic E-state index is 14.1. The van der Waals surface area contributed by atoms with Gasteiger partial charge in [-0.3, -0.25) is 0 Å². The van der Waals surface area contributed by atoms with E-state index in [1.165, 1.54) is 309 Å². The largest absolute Gasteiger partial charge is 0.423 e. The molecule has 0 bridgehead atoms. The minimum atomic E-state index is -0.685. The van der Waals surface area contributed by atoms with Crippen LogP contribution in [0.4, 0.5) is 4.39 Å². The van der Waals surface area contributed by atoms with Crippen LogP contribution in [0.5, 0.6) is 11.5 Å². The number of rotatable bonds is 35. The molecular weight excluding hydrogens is 1740 g/mol. The number of esters is 2. The molecule has 10 saturated carbocycles. The van der Waals surface area contributed by atoms with Crippen LogP contribution >= 0.6 is 0 Å². The standard InChI is InChI=1S/C24H38.C22H34.C20H17FO4.C19H36.C18H22.C18H34.C17H32/c1-3-5-19-7-11-21(12-8-19)23-15-17-24(18-16-23)22-13-9-20(6-4-2)10-14-22;1-3-4-18-7-11-20(12-8-18)22-15-13-21(14-16-22)19-9-5-17(2)6-10-19;1-12(2)19(22)24-16-8-5-14(6-9-16)15-7-10-18(17(21)11-15)25-20(23)13(3)4;1-3-5-7-17-10-14-19(15-11-17)18-12-8-16(6-4-2)9-13-18;1-3-4-5-6-16-9-13-18(14-10-16)17-11-7-15(2)8-12-17;1-3-5-15-7-11-17(12-8-15)18-13-9-16(6-4-2)10-14-18;1-3-5-15-8-12-17(13-9-15)16-10-6-14(4-2)7-11-16/h7-8,11-12,20,22-24H,3-6,9-10,13-18H2,1-2H3;5-6,9-10,18,20-22H,3-4,7-8,11-16H2,1-2H3;5-11H,1,3H2,2,4H3;16-19H,3-15H2,1-2H3;7-14H,3-6H2,1-2H3;15-18H,3-14H2,1-2H3;14-17H,3-13H2,1-2H3. The van der Waals surface area contributed by atoms with Gasteiger partial charge in [0, 0.05) is 11.1 Å². The Kier molecular flexibility index (Phi) is 55.5. The van der Waals surface area contributed by atoms with Crippen LogP contribution in [-0.2, 0) is 22.4 Å². The third-order valence-electron chi connectivity index (χ3n) is 37.9. The van der Waals surface area contributed by atoms with Crippen LogP contribution in [0.25, 0.3) is 22.3 Å². The molecule has 0 heterocycles. The van der Waals surface area contributed by atoms with E-state index in [4.69, 9.17) is 9.47 Å². The van der Waals surface area contributed by atoms with E-state index in [1.807, 2.05) is 0 Å². The van der Waals surface area contributed by atoms with Crippen molar-refractivity contribution in [3.05, 3.63) is 203 Å². The number of hydrogen-bond acceptors (Lipinski definition) is 4. The monoisotopic (exact) mass is 1950 g/mol. The van der Waals surface area contributed by atoms with E-state index in [-0.39, 0.29) is 11.3 Å². The molecule has 6 aromatic rings. The topological polar surface area (TPSA) is 52.6 Å². The fourth-order valence-corrected chi connectivity index (χ4v) is 28.6. The molecule has 0 aliphatic heterocycles. The van der Waals surface area contributed by atoms with E-state index in [9.17, 15) is 14.0 Å². The van der Waals surface area contributed by atoms with Crippen molar-refractivity contribution in [3.63, 3.8) is 0 Å². The second-order valence-corrected chi connectivity index (χ2v) is 48.7. The highest BCUT2D eigenvalue weighted by Crippen LogP contribution is 2.51. The predicted molar refractivity (Wildman–Crippen MR) is 616 cm³/mol. The van der Waals surface area contributed by atoms with Crippen molar-refractivity contribution in [1.82, 2.24) is 0 Å². The molecule has 0 radical (unpaired) electrons. The molecule has 143 heavy (non-hydrogen) atoms. The minimum Gasteiger partial charge on any atom is -0.423 e. The summed E-state index contributed by atoms with van der Waals surface area (Å²) in [5, 5.41) is 0. The molecular formula is C138H213FO4. The molecule has 0 amide bonds. The van der Waals surface area contributed by atoms with E-state index in [0.717, 1.165) is 118 Å². The lowest BCUT2D eigenvalue weighted by atomic mass is 9.68. The van der Waals surface area contributed by atoms with Crippen LogP contribution in [-0.4, -0.2) is 11.9 Å². The van der Waals surface area contributed by atoms with Gasteiger partial charge in [0.25, 0.3) is 0 Å². The molecule has 6 aromatic carbocycles. The van der Waals surface area contributed by atoms with Gasteiger partial charge in [-0.05, 0) is 388 Å². The van der Waals surface area contributed by atoms with Crippen molar-refractivity contribution < 1.29 is 23.5 Å². The maximum absolute atomic E-state index is 14.1. The zero-order chi connectivity index (χ0) is 102. The van der Waals surface area contributed by atoms with Gasteiger partial charge in [-0.2, -0.15) is 0 Å². The first kappa shape index (κ1) is 119. The number of hydrogen-bond donors (Lipinski definition) is 0. The van der Waals surface area contributed by atoms with Gasteiger partial charge in [-0.15, -0.1) is 0 Å². The van der Waals surface area contributed by atoms with E-state index in [1.54, 1.807) is 190 Å². The van der Waals surface area contributed by atoms with Gasteiger partial charge in [0.1, 0.15) is 5.75 Å². The average molecular weight is 1960 g/mol. The fourth-order valence-electron chi connectivity index (χ4n) is 28.6. The number of ether oxygens (including phenoxy) is 2. The third-order valence-corrected chi connectivity index (χ3v) is 37.9. The van der Waals surface area contributed by atoms with Crippen molar-refractivity contribution >= 4 is 11.9 Å². The van der Waals surface area contributed by atoms with E-state index >= 15 is 0 Å².